The molecule has 100 valence electrons. The van der Waals surface area contributed by atoms with Gasteiger partial charge in [-0.05, 0) is 17.7 Å². The van der Waals surface area contributed by atoms with Gasteiger partial charge in [-0.2, -0.15) is 18.4 Å². The molecule has 1 aromatic carbocycles. The molecular weight excluding hydrogens is 259 g/mol. The Balaban J connectivity index is 2.58. The van der Waals surface area contributed by atoms with Crippen molar-refractivity contribution in [2.24, 2.45) is 0 Å². The molecule has 6 heteroatoms. The minimum atomic E-state index is -4.59. The maximum Gasteiger partial charge on any atom is 0.416 e. The van der Waals surface area contributed by atoms with Gasteiger partial charge in [0.25, 0.3) is 0 Å². The highest BCUT2D eigenvalue weighted by atomic mass is 19.4. The Labute approximate surface area is 107 Å². The summed E-state index contributed by atoms with van der Waals surface area (Å²) in [6, 6.07) is 5.30. The summed E-state index contributed by atoms with van der Waals surface area (Å²) in [6.07, 6.45) is -4.93. The third kappa shape index (κ3) is 2.16. The fourth-order valence-electron chi connectivity index (χ4n) is 2.25. The number of ketones is 1. The second-order valence-electron chi connectivity index (χ2n) is 4.50. The average Bonchev–Trinajstić information content (AvgIpc) is 2.33. The number of rotatable bonds is 2. The van der Waals surface area contributed by atoms with E-state index in [1.165, 1.54) is 19.2 Å². The quantitative estimate of drug-likeness (QED) is 0.829. The van der Waals surface area contributed by atoms with Crippen molar-refractivity contribution in [1.29, 1.82) is 5.26 Å². The number of methoxy groups -OCH3 is 1. The molecule has 0 spiro atoms. The highest BCUT2D eigenvalue weighted by Gasteiger charge is 2.50. The summed E-state index contributed by atoms with van der Waals surface area (Å²) in [5.41, 5.74) is -2.42. The summed E-state index contributed by atoms with van der Waals surface area (Å²) in [5, 5.41) is 9.12. The smallest absolute Gasteiger partial charge is 0.416 e. The van der Waals surface area contributed by atoms with Crippen molar-refractivity contribution < 1.29 is 22.7 Å². The van der Waals surface area contributed by atoms with Crippen LogP contribution in [0.3, 0.4) is 0 Å². The molecule has 0 N–H and O–H groups in total. The number of nitriles is 1. The number of benzene rings is 1. The molecule has 1 saturated carbocycles. The highest BCUT2D eigenvalue weighted by molar-refractivity contribution is 5.90. The van der Waals surface area contributed by atoms with Gasteiger partial charge in [0.2, 0.25) is 0 Å². The third-order valence-corrected chi connectivity index (χ3v) is 3.26. The van der Waals surface area contributed by atoms with Crippen molar-refractivity contribution in [1.82, 2.24) is 0 Å². The molecule has 3 nitrogen and oxygen atoms in total. The van der Waals surface area contributed by atoms with Crippen molar-refractivity contribution in [3.8, 4) is 11.8 Å². The van der Waals surface area contributed by atoms with Crippen LogP contribution in [0.5, 0.6) is 5.75 Å². The number of ether oxygens (including phenoxy) is 1. The Morgan fingerprint density at radius 2 is 2.00 bits per heavy atom. The number of carbonyl (C=O) groups excluding carboxylic acids is 1. The van der Waals surface area contributed by atoms with Gasteiger partial charge in [-0.25, -0.2) is 0 Å². The first kappa shape index (κ1) is 13.4. The summed E-state index contributed by atoms with van der Waals surface area (Å²) >= 11 is 0. The predicted molar refractivity (Wildman–Crippen MR) is 59.5 cm³/mol. The first-order valence-corrected chi connectivity index (χ1v) is 5.51. The zero-order valence-corrected chi connectivity index (χ0v) is 10.0. The standard InChI is InChI=1S/C13H10F3NO2/c1-19-9-2-3-10(11(4-9)13(14,15)16)12(7-17)5-8(18)6-12/h2-4H,5-6H2,1H3. The monoisotopic (exact) mass is 269 g/mol. The zero-order valence-electron chi connectivity index (χ0n) is 10.0. The molecule has 1 aliphatic rings. The number of alkyl halides is 3. The van der Waals surface area contributed by atoms with Crippen LogP contribution in [-0.4, -0.2) is 12.9 Å². The Morgan fingerprint density at radius 3 is 2.42 bits per heavy atom. The molecule has 0 aromatic heterocycles. The Hall–Kier alpha value is -2.03. The number of Topliss-reactive ketones (excluding diaryl/α,β-unsaturated/α-hetero) is 1. The molecular formula is C13H10F3NO2. The molecule has 0 amide bonds. The van der Waals surface area contributed by atoms with E-state index in [-0.39, 0.29) is 29.9 Å². The van der Waals surface area contributed by atoms with E-state index in [1.807, 2.05) is 6.07 Å². The second-order valence-corrected chi connectivity index (χ2v) is 4.50. The van der Waals surface area contributed by atoms with E-state index in [1.54, 1.807) is 0 Å². The highest BCUT2D eigenvalue weighted by Crippen LogP contribution is 2.46. The zero-order chi connectivity index (χ0) is 14.3. The lowest BCUT2D eigenvalue weighted by Crippen LogP contribution is -2.41. The summed E-state index contributed by atoms with van der Waals surface area (Å²) in [6.45, 7) is 0. The van der Waals surface area contributed by atoms with Gasteiger partial charge >= 0.3 is 6.18 Å². The van der Waals surface area contributed by atoms with E-state index in [0.29, 0.717) is 0 Å². The molecule has 0 unspecified atom stereocenters. The summed E-state index contributed by atoms with van der Waals surface area (Å²) in [4.78, 5) is 11.1. The van der Waals surface area contributed by atoms with Crippen LogP contribution in [-0.2, 0) is 16.4 Å². The van der Waals surface area contributed by atoms with Gasteiger partial charge < -0.3 is 4.74 Å². The van der Waals surface area contributed by atoms with E-state index in [2.05, 4.69) is 0 Å². The fraction of sp³-hybridized carbons (Fsp3) is 0.385. The summed E-state index contributed by atoms with van der Waals surface area (Å²) < 4.78 is 43.9. The predicted octanol–water partition coefficient (Wildman–Crippen LogP) is 2.84. The lowest BCUT2D eigenvalue weighted by atomic mass is 9.63. The van der Waals surface area contributed by atoms with Crippen LogP contribution >= 0.6 is 0 Å². The number of carbonyl (C=O) groups is 1. The van der Waals surface area contributed by atoms with Gasteiger partial charge in [0, 0.05) is 12.8 Å². The van der Waals surface area contributed by atoms with Gasteiger partial charge in [0.15, 0.2) is 0 Å². The number of halogens is 3. The molecule has 0 bridgehead atoms. The van der Waals surface area contributed by atoms with Crippen LogP contribution in [0.4, 0.5) is 13.2 Å². The van der Waals surface area contributed by atoms with Crippen molar-refractivity contribution in [3.63, 3.8) is 0 Å². The Bertz CT molecular complexity index is 564. The second kappa shape index (κ2) is 4.26. The molecule has 0 aliphatic heterocycles. The molecule has 0 radical (unpaired) electrons. The van der Waals surface area contributed by atoms with Crippen LogP contribution in [0.15, 0.2) is 18.2 Å². The summed E-state index contributed by atoms with van der Waals surface area (Å²) in [7, 11) is 1.27. The Kier molecular flexibility index (Phi) is 3.01. The van der Waals surface area contributed by atoms with E-state index < -0.39 is 17.2 Å². The normalized spacial score (nSPS) is 17.5. The molecule has 0 atom stereocenters. The fourth-order valence-corrected chi connectivity index (χ4v) is 2.25. The van der Waals surface area contributed by atoms with E-state index in [9.17, 15) is 18.0 Å². The summed E-state index contributed by atoms with van der Waals surface area (Å²) in [5.74, 6) is -0.139. The van der Waals surface area contributed by atoms with Crippen LogP contribution < -0.4 is 4.74 Å². The molecule has 0 saturated heterocycles. The van der Waals surface area contributed by atoms with Gasteiger partial charge in [0.05, 0.1) is 24.2 Å². The van der Waals surface area contributed by atoms with E-state index in [4.69, 9.17) is 10.00 Å². The molecule has 2 rings (SSSR count). The average molecular weight is 269 g/mol. The van der Waals surface area contributed by atoms with Crippen molar-refractivity contribution in [2.45, 2.75) is 24.4 Å². The molecule has 1 aromatic rings. The first-order valence-electron chi connectivity index (χ1n) is 5.51. The number of hydrogen-bond acceptors (Lipinski definition) is 3. The van der Waals surface area contributed by atoms with Crippen LogP contribution in [0, 0.1) is 11.3 Å². The molecule has 1 fully saturated rings. The van der Waals surface area contributed by atoms with Crippen LogP contribution in [0.2, 0.25) is 0 Å². The number of nitrogens with zero attached hydrogens (tertiary/aromatic N) is 1. The van der Waals surface area contributed by atoms with Gasteiger partial charge in [-0.1, -0.05) is 6.07 Å². The maximum absolute atomic E-state index is 13.0. The minimum Gasteiger partial charge on any atom is -0.497 e. The van der Waals surface area contributed by atoms with E-state index in [0.717, 1.165) is 6.07 Å². The van der Waals surface area contributed by atoms with Crippen LogP contribution in [0.25, 0.3) is 0 Å². The molecule has 19 heavy (non-hydrogen) atoms. The van der Waals surface area contributed by atoms with E-state index >= 15 is 0 Å². The maximum atomic E-state index is 13.0. The topological polar surface area (TPSA) is 50.1 Å². The molecule has 0 heterocycles. The lowest BCUT2D eigenvalue weighted by molar-refractivity contribution is -0.140. The SMILES string of the molecule is COc1ccc(C2(C#N)CC(=O)C2)c(C(F)(F)F)c1. The minimum absolute atomic E-state index is 0.0646. The van der Waals surface area contributed by atoms with Gasteiger partial charge in [-0.3, -0.25) is 4.79 Å². The first-order chi connectivity index (χ1) is 8.82. The molecule has 1 aliphatic carbocycles. The third-order valence-electron chi connectivity index (χ3n) is 3.26. The van der Waals surface area contributed by atoms with Crippen LogP contribution in [0.1, 0.15) is 24.0 Å². The van der Waals surface area contributed by atoms with Gasteiger partial charge in [0.1, 0.15) is 11.5 Å². The Morgan fingerprint density at radius 1 is 1.37 bits per heavy atom. The largest absolute Gasteiger partial charge is 0.497 e. The number of hydrogen-bond donors (Lipinski definition) is 0. The van der Waals surface area contributed by atoms with Crippen molar-refractivity contribution in [2.75, 3.05) is 7.11 Å². The van der Waals surface area contributed by atoms with Crippen molar-refractivity contribution in [3.05, 3.63) is 29.3 Å². The van der Waals surface area contributed by atoms with Crippen molar-refractivity contribution >= 4 is 5.78 Å². The van der Waals surface area contributed by atoms with Gasteiger partial charge in [-0.15, -0.1) is 0 Å². The lowest BCUT2D eigenvalue weighted by Gasteiger charge is -2.36.